The van der Waals surface area contributed by atoms with E-state index in [4.69, 9.17) is 5.73 Å². The number of benzene rings is 2. The molecule has 0 unspecified atom stereocenters. The standard InChI is InChI=1S/C20H15FN4O2/c21-16-11-12(1-6-15(16)19(22)27)18-8-7-17(20-23-9-10-25(18)20)24-13-2-4-14(26)5-3-13/h1-11,24,26H,(H2,22,27). The number of hydrogen-bond acceptors (Lipinski definition) is 4. The number of rotatable bonds is 4. The monoisotopic (exact) mass is 362 g/mol. The number of anilines is 2. The molecule has 0 atom stereocenters. The number of nitrogens with one attached hydrogen (secondary N) is 1. The number of primary amides is 1. The summed E-state index contributed by atoms with van der Waals surface area (Å²) in [5.41, 5.74) is 8.53. The highest BCUT2D eigenvalue weighted by atomic mass is 19.1. The number of aromatic nitrogens is 2. The van der Waals surface area contributed by atoms with Crippen LogP contribution in [0.2, 0.25) is 0 Å². The number of aromatic hydroxyl groups is 1. The summed E-state index contributed by atoms with van der Waals surface area (Å²) in [6.45, 7) is 0. The normalized spacial score (nSPS) is 10.9. The first-order chi connectivity index (χ1) is 13.0. The van der Waals surface area contributed by atoms with Gasteiger partial charge in [-0.3, -0.25) is 9.20 Å². The molecule has 0 fully saturated rings. The van der Waals surface area contributed by atoms with E-state index in [1.165, 1.54) is 12.1 Å². The topological polar surface area (TPSA) is 92.7 Å². The van der Waals surface area contributed by atoms with Crippen molar-refractivity contribution in [2.24, 2.45) is 5.73 Å². The Labute approximate surface area is 153 Å². The van der Waals surface area contributed by atoms with Gasteiger partial charge in [0.1, 0.15) is 11.6 Å². The van der Waals surface area contributed by atoms with Gasteiger partial charge in [0.15, 0.2) is 5.65 Å². The van der Waals surface area contributed by atoms with Gasteiger partial charge in [0.25, 0.3) is 5.91 Å². The van der Waals surface area contributed by atoms with Crippen molar-refractivity contribution < 1.29 is 14.3 Å². The van der Waals surface area contributed by atoms with E-state index in [1.807, 2.05) is 16.5 Å². The van der Waals surface area contributed by atoms with Crippen LogP contribution in [0.1, 0.15) is 10.4 Å². The Morgan fingerprint density at radius 1 is 1.11 bits per heavy atom. The van der Waals surface area contributed by atoms with Gasteiger partial charge in [0.2, 0.25) is 0 Å². The third kappa shape index (κ3) is 3.06. The van der Waals surface area contributed by atoms with E-state index in [2.05, 4.69) is 10.3 Å². The Hall–Kier alpha value is -3.87. The Morgan fingerprint density at radius 3 is 2.59 bits per heavy atom. The van der Waals surface area contributed by atoms with Crippen molar-refractivity contribution in [3.05, 3.63) is 78.4 Å². The molecule has 4 aromatic rings. The maximum Gasteiger partial charge on any atom is 0.251 e. The van der Waals surface area contributed by atoms with Crippen molar-refractivity contribution in [2.75, 3.05) is 5.32 Å². The van der Waals surface area contributed by atoms with Crippen molar-refractivity contribution in [2.45, 2.75) is 0 Å². The number of hydrogen-bond donors (Lipinski definition) is 3. The number of carbonyl (C=O) groups excluding carboxylic acids is 1. The van der Waals surface area contributed by atoms with Crippen LogP contribution in [0.25, 0.3) is 16.9 Å². The SMILES string of the molecule is NC(=O)c1ccc(-c2ccc(Nc3ccc(O)cc3)c3nccn23)cc1F. The predicted octanol–water partition coefficient (Wildman–Crippen LogP) is 3.69. The average Bonchev–Trinajstić information content (AvgIpc) is 3.13. The lowest BCUT2D eigenvalue weighted by Gasteiger charge is -2.12. The Morgan fingerprint density at radius 2 is 1.89 bits per heavy atom. The molecule has 0 bridgehead atoms. The highest BCUT2D eigenvalue weighted by molar-refractivity contribution is 5.93. The largest absolute Gasteiger partial charge is 0.508 e. The van der Waals surface area contributed by atoms with Crippen LogP contribution in [0, 0.1) is 5.82 Å². The van der Waals surface area contributed by atoms with E-state index in [0.29, 0.717) is 16.9 Å². The molecule has 4 rings (SSSR count). The Bertz CT molecular complexity index is 1150. The molecule has 2 aromatic heterocycles. The first-order valence-electron chi connectivity index (χ1n) is 8.15. The van der Waals surface area contributed by atoms with Crippen LogP contribution in [-0.4, -0.2) is 20.4 Å². The van der Waals surface area contributed by atoms with Gasteiger partial charge in [-0.2, -0.15) is 0 Å². The number of amides is 1. The number of halogens is 1. The smallest absolute Gasteiger partial charge is 0.251 e. The van der Waals surface area contributed by atoms with E-state index < -0.39 is 11.7 Å². The van der Waals surface area contributed by atoms with Crippen molar-refractivity contribution in [1.29, 1.82) is 0 Å². The van der Waals surface area contributed by atoms with Crippen molar-refractivity contribution in [3.63, 3.8) is 0 Å². The van der Waals surface area contributed by atoms with Gasteiger partial charge in [-0.15, -0.1) is 0 Å². The Balaban J connectivity index is 1.76. The fourth-order valence-corrected chi connectivity index (χ4v) is 2.92. The number of nitrogens with two attached hydrogens (primary N) is 1. The minimum absolute atomic E-state index is 0.147. The number of carbonyl (C=O) groups is 1. The molecule has 4 N–H and O–H groups in total. The van der Waals surface area contributed by atoms with Crippen LogP contribution in [-0.2, 0) is 0 Å². The molecule has 0 spiro atoms. The molecule has 0 radical (unpaired) electrons. The minimum atomic E-state index is -0.805. The van der Waals surface area contributed by atoms with E-state index in [1.54, 1.807) is 42.7 Å². The molecule has 134 valence electrons. The van der Waals surface area contributed by atoms with Gasteiger partial charge in [0, 0.05) is 23.6 Å². The van der Waals surface area contributed by atoms with Gasteiger partial charge in [-0.1, -0.05) is 6.07 Å². The maximum absolute atomic E-state index is 14.2. The fourth-order valence-electron chi connectivity index (χ4n) is 2.92. The quantitative estimate of drug-likeness (QED) is 0.483. The summed E-state index contributed by atoms with van der Waals surface area (Å²) in [6, 6.07) is 14.6. The zero-order valence-corrected chi connectivity index (χ0v) is 14.1. The molecule has 27 heavy (non-hydrogen) atoms. The molecule has 0 aliphatic heterocycles. The minimum Gasteiger partial charge on any atom is -0.508 e. The predicted molar refractivity (Wildman–Crippen MR) is 100 cm³/mol. The molecule has 2 aromatic carbocycles. The zero-order valence-electron chi connectivity index (χ0n) is 14.1. The summed E-state index contributed by atoms with van der Waals surface area (Å²) < 4.78 is 16.0. The molecule has 2 heterocycles. The number of phenolic OH excluding ortho intramolecular Hbond substituents is 1. The number of fused-ring (bicyclic) bond motifs is 1. The summed E-state index contributed by atoms with van der Waals surface area (Å²) in [6.07, 6.45) is 3.42. The van der Waals surface area contributed by atoms with Crippen molar-refractivity contribution in [3.8, 4) is 17.0 Å². The molecule has 0 aliphatic rings. The molecule has 0 aliphatic carbocycles. The summed E-state index contributed by atoms with van der Waals surface area (Å²) in [5.74, 6) is -1.29. The second-order valence-electron chi connectivity index (χ2n) is 5.98. The highest BCUT2D eigenvalue weighted by Crippen LogP contribution is 2.28. The van der Waals surface area contributed by atoms with E-state index in [0.717, 1.165) is 11.4 Å². The second-order valence-corrected chi connectivity index (χ2v) is 5.98. The third-order valence-corrected chi connectivity index (χ3v) is 4.23. The number of phenols is 1. The number of imidazole rings is 1. The molecule has 7 heteroatoms. The Kier molecular flexibility index (Phi) is 3.97. The molecule has 1 amide bonds. The van der Waals surface area contributed by atoms with Gasteiger partial charge in [-0.05, 0) is 48.5 Å². The van der Waals surface area contributed by atoms with Crippen LogP contribution >= 0.6 is 0 Å². The molecular formula is C20H15FN4O2. The third-order valence-electron chi connectivity index (χ3n) is 4.23. The van der Waals surface area contributed by atoms with Gasteiger partial charge in [-0.25, -0.2) is 9.37 Å². The first kappa shape index (κ1) is 16.6. The van der Waals surface area contributed by atoms with Gasteiger partial charge < -0.3 is 16.2 Å². The lowest BCUT2D eigenvalue weighted by molar-refractivity contribution is 0.0996. The van der Waals surface area contributed by atoms with Crippen LogP contribution in [0.4, 0.5) is 15.8 Å². The highest BCUT2D eigenvalue weighted by Gasteiger charge is 2.13. The van der Waals surface area contributed by atoms with Crippen LogP contribution in [0.3, 0.4) is 0 Å². The van der Waals surface area contributed by atoms with E-state index in [9.17, 15) is 14.3 Å². The lowest BCUT2D eigenvalue weighted by Crippen LogP contribution is -2.13. The van der Waals surface area contributed by atoms with Crippen molar-refractivity contribution in [1.82, 2.24) is 9.38 Å². The van der Waals surface area contributed by atoms with Crippen molar-refractivity contribution >= 4 is 22.9 Å². The molecular weight excluding hydrogens is 347 g/mol. The lowest BCUT2D eigenvalue weighted by atomic mass is 10.1. The van der Waals surface area contributed by atoms with E-state index >= 15 is 0 Å². The van der Waals surface area contributed by atoms with Crippen LogP contribution < -0.4 is 11.1 Å². The first-order valence-corrected chi connectivity index (χ1v) is 8.15. The second kappa shape index (κ2) is 6.45. The van der Waals surface area contributed by atoms with Crippen LogP contribution in [0.15, 0.2) is 67.0 Å². The van der Waals surface area contributed by atoms with Gasteiger partial charge in [0.05, 0.1) is 16.9 Å². The number of pyridine rings is 1. The molecule has 0 saturated carbocycles. The zero-order chi connectivity index (χ0) is 19.0. The fraction of sp³-hybridized carbons (Fsp3) is 0. The summed E-state index contributed by atoms with van der Waals surface area (Å²) in [5, 5.41) is 12.6. The summed E-state index contributed by atoms with van der Waals surface area (Å²) in [4.78, 5) is 15.6. The number of nitrogens with zero attached hydrogens (tertiary/aromatic N) is 2. The summed E-state index contributed by atoms with van der Waals surface area (Å²) >= 11 is 0. The maximum atomic E-state index is 14.2. The molecule has 6 nitrogen and oxygen atoms in total. The van der Waals surface area contributed by atoms with E-state index in [-0.39, 0.29) is 11.3 Å². The summed E-state index contributed by atoms with van der Waals surface area (Å²) in [7, 11) is 0. The molecule has 0 saturated heterocycles. The van der Waals surface area contributed by atoms with Crippen LogP contribution in [0.5, 0.6) is 5.75 Å². The average molecular weight is 362 g/mol. The van der Waals surface area contributed by atoms with Gasteiger partial charge >= 0.3 is 0 Å².